The minimum Gasteiger partial charge on any atom is -0.507 e. The van der Waals surface area contributed by atoms with E-state index < -0.39 is 155 Å². The van der Waals surface area contributed by atoms with Crippen molar-refractivity contribution < 1.29 is 99.0 Å². The fourth-order valence-corrected chi connectivity index (χ4v) is 9.20. The van der Waals surface area contributed by atoms with Crippen LogP contribution in [0.3, 0.4) is 0 Å². The van der Waals surface area contributed by atoms with Gasteiger partial charge in [0.2, 0.25) is 5.91 Å². The molecule has 2 amide bonds. The van der Waals surface area contributed by atoms with Crippen molar-refractivity contribution in [3.8, 4) is 5.75 Å². The number of aliphatic hydroxyl groups is 9. The number of aliphatic hydroxyl groups excluding tert-OH is 9. The number of phenolic OH excluding ortho intramolecular Hbond substituents is 1. The predicted octanol–water partition coefficient (Wildman–Crippen LogP) is -4.57. The Morgan fingerprint density at radius 3 is 2.25 bits per heavy atom. The van der Waals surface area contributed by atoms with Crippen LogP contribution >= 0.6 is 0 Å². The van der Waals surface area contributed by atoms with Gasteiger partial charge >= 0.3 is 5.97 Å². The summed E-state index contributed by atoms with van der Waals surface area (Å²) in [6.07, 6.45) is -19.8. The molecule has 16 atom stereocenters. The second-order valence-electron chi connectivity index (χ2n) is 18.1. The maximum Gasteiger partial charge on any atom is 0.364 e. The molecule has 4 heterocycles. The molecule has 1 saturated carbocycles. The van der Waals surface area contributed by atoms with E-state index >= 15 is 0 Å². The number of nitrogens with one attached hydrogen (secondary N) is 2. The van der Waals surface area contributed by atoms with Gasteiger partial charge in [-0.3, -0.25) is 9.59 Å². The van der Waals surface area contributed by atoms with Crippen molar-refractivity contribution in [3.05, 3.63) is 40.7 Å². The van der Waals surface area contributed by atoms with Gasteiger partial charge in [-0.05, 0) is 49.9 Å². The van der Waals surface area contributed by atoms with Gasteiger partial charge in [0.1, 0.15) is 67.4 Å². The quantitative estimate of drug-likeness (QED) is 0.0555. The fraction of sp³-hybridized carbons (Fsp3) is 0.744. The summed E-state index contributed by atoms with van der Waals surface area (Å²) in [5, 5.41) is 133. The molecule has 8 unspecified atom stereocenters. The third-order valence-electron chi connectivity index (χ3n) is 13.0. The van der Waals surface area contributed by atoms with E-state index in [9.17, 15) is 70.6 Å². The van der Waals surface area contributed by atoms with Crippen LogP contribution < -0.4 is 16.4 Å². The highest BCUT2D eigenvalue weighted by molar-refractivity contribution is 5.94. The first-order chi connectivity index (χ1) is 32.8. The van der Waals surface area contributed by atoms with Crippen LogP contribution in [0, 0.1) is 19.8 Å². The first-order valence-electron chi connectivity index (χ1n) is 22.9. The highest BCUT2D eigenvalue weighted by Gasteiger charge is 2.57. The minimum atomic E-state index is -2.86. The smallest absolute Gasteiger partial charge is 0.364 e. The molecule has 26 heteroatoms. The van der Waals surface area contributed by atoms with Crippen molar-refractivity contribution in [1.82, 2.24) is 25.6 Å². The van der Waals surface area contributed by atoms with Crippen LogP contribution in [0.2, 0.25) is 0 Å². The third kappa shape index (κ3) is 12.9. The summed E-state index contributed by atoms with van der Waals surface area (Å²) in [4.78, 5) is 39.5. The van der Waals surface area contributed by atoms with Gasteiger partial charge in [0.15, 0.2) is 12.6 Å². The molecule has 0 bridgehead atoms. The molecule has 15 N–H and O–H groups in total. The largest absolute Gasteiger partial charge is 0.507 e. The fourth-order valence-electron chi connectivity index (χ4n) is 9.20. The Morgan fingerprint density at radius 2 is 1.59 bits per heavy atom. The lowest BCUT2D eigenvalue weighted by Crippen LogP contribution is -2.65. The van der Waals surface area contributed by atoms with Gasteiger partial charge in [-0.15, -0.1) is 5.10 Å². The second-order valence-corrected chi connectivity index (χ2v) is 18.1. The molecular weight excluding hydrogens is 920 g/mol. The zero-order valence-corrected chi connectivity index (χ0v) is 38.2. The predicted molar refractivity (Wildman–Crippen MR) is 230 cm³/mol. The van der Waals surface area contributed by atoms with Crippen LogP contribution in [0.15, 0.2) is 18.3 Å². The molecule has 6 rings (SSSR count). The Bertz CT molecular complexity index is 2000. The molecule has 0 radical (unpaired) electrons. The average Bonchev–Trinajstić information content (AvgIpc) is 3.78. The molecule has 4 aliphatic rings. The Hall–Kier alpha value is -4.07. The van der Waals surface area contributed by atoms with Crippen molar-refractivity contribution >= 4 is 17.8 Å². The number of hydrogen-bond acceptors (Lipinski definition) is 22. The average molecular weight is 987 g/mol. The monoisotopic (exact) mass is 986 g/mol. The van der Waals surface area contributed by atoms with Crippen molar-refractivity contribution in [2.24, 2.45) is 11.7 Å². The summed E-state index contributed by atoms with van der Waals surface area (Å²) in [6, 6.07) is 2.85. The first kappa shape index (κ1) is 54.3. The lowest BCUT2D eigenvalue weighted by atomic mass is 9.83. The van der Waals surface area contributed by atoms with E-state index in [2.05, 4.69) is 20.9 Å². The number of hydrogen-bond donors (Lipinski definition) is 14. The van der Waals surface area contributed by atoms with Gasteiger partial charge < -0.3 is 101 Å². The number of nitrogens with zero attached hydrogens (tertiary/aromatic N) is 3. The molecule has 69 heavy (non-hydrogen) atoms. The lowest BCUT2D eigenvalue weighted by molar-refractivity contribution is -0.367. The number of phenols is 1. The number of aromatic nitrogens is 3. The highest BCUT2D eigenvalue weighted by Crippen LogP contribution is 2.39. The Labute approximate surface area is 395 Å². The number of amides is 2. The number of aryl methyl sites for hydroxylation is 2. The van der Waals surface area contributed by atoms with E-state index in [-0.39, 0.29) is 30.4 Å². The number of aromatic hydroxyl groups is 1. The van der Waals surface area contributed by atoms with E-state index in [0.717, 1.165) is 37.8 Å². The Kier molecular flexibility index (Phi) is 18.8. The first-order valence-corrected chi connectivity index (χ1v) is 22.9. The lowest BCUT2D eigenvalue weighted by Gasteiger charge is -2.48. The SMILES string of the molecule is Cc1cc(C(=O)NC[C@@H](O)CC2O[C@@](OCC3OC(O[C@@H]4C(CO)O[C@@H](OCCN)C(O)C4O)[C@@H](O)C(O)[C@H]3O)(C(=O)O)CC(O)[C@H]2[C@H](O)NC(=O)Cn2cc(C3CCCCC3)nn2)cc(C)c1O. The second kappa shape index (κ2) is 23.9. The highest BCUT2D eigenvalue weighted by atomic mass is 16.8. The number of nitrogens with two attached hydrogens (primary N) is 1. The number of rotatable bonds is 20. The maximum atomic E-state index is 13.3. The topological polar surface area (TPSA) is 410 Å². The molecule has 26 nitrogen and oxygen atoms in total. The molecule has 2 aromatic rings. The molecule has 1 aromatic carbocycles. The number of ether oxygens (including phenoxy) is 6. The summed E-state index contributed by atoms with van der Waals surface area (Å²) in [6.45, 7) is 0.476. The third-order valence-corrected chi connectivity index (χ3v) is 13.0. The summed E-state index contributed by atoms with van der Waals surface area (Å²) >= 11 is 0. The van der Waals surface area contributed by atoms with Gasteiger partial charge in [0.25, 0.3) is 11.7 Å². The van der Waals surface area contributed by atoms with E-state index in [0.29, 0.717) is 11.1 Å². The molecule has 388 valence electrons. The molecule has 1 aromatic heterocycles. The summed E-state index contributed by atoms with van der Waals surface area (Å²) in [7, 11) is 0. The number of carbonyl (C=O) groups excluding carboxylic acids is 2. The van der Waals surface area contributed by atoms with Gasteiger partial charge in [0.05, 0.1) is 49.7 Å². The summed E-state index contributed by atoms with van der Waals surface area (Å²) < 4.78 is 35.2. The number of carboxylic acid groups (broad SMARTS) is 1. The number of aliphatic carboxylic acids is 1. The normalized spacial score (nSPS) is 34.2. The molecule has 1 aliphatic carbocycles. The van der Waals surface area contributed by atoms with Crippen molar-refractivity contribution in [3.63, 3.8) is 0 Å². The zero-order chi connectivity index (χ0) is 50.3. The standard InChI is InChI=1S/C43H66N6O20/c1-19-10-22(11-20(2)31(19)54)38(60)45-14-23(51)12-26-30(39(61)46-29(53)16-49-15-24(47-48-49)21-6-4-3-5-7-21)25(52)13-43(69-26,42(62)63)65-18-28-32(55)33(56)35(58)41(67-28)68-37-27(17-50)66-40(64-9-8-44)36(59)34(37)57/h10-11,15,21,23,25-28,30,32-37,39-41,50-52,54-59,61H,3-9,12-14,16-18,44H2,1-2H3,(H,45,60)(H,46,53)(H,62,63)/t23-,25?,26?,27?,28?,30+,32-,33?,34?,35-,36?,37+,39-,40+,41?,43+/m0/s1. The molecular formula is C43H66N6O20. The number of carbonyl (C=O) groups is 3. The van der Waals surface area contributed by atoms with Crippen LogP contribution in [-0.2, 0) is 44.6 Å². The van der Waals surface area contributed by atoms with Crippen LogP contribution in [0.25, 0.3) is 0 Å². The molecule has 4 fully saturated rings. The van der Waals surface area contributed by atoms with Gasteiger partial charge in [0, 0.05) is 43.6 Å². The van der Waals surface area contributed by atoms with Crippen molar-refractivity contribution in [2.75, 3.05) is 32.9 Å². The van der Waals surface area contributed by atoms with Gasteiger partial charge in [-0.2, -0.15) is 0 Å². The molecule has 0 spiro atoms. The van der Waals surface area contributed by atoms with E-state index in [1.165, 1.54) is 16.8 Å². The summed E-state index contributed by atoms with van der Waals surface area (Å²) in [5.41, 5.74) is 7.14. The minimum absolute atomic E-state index is 0.00723. The van der Waals surface area contributed by atoms with Crippen molar-refractivity contribution in [1.29, 1.82) is 0 Å². The van der Waals surface area contributed by atoms with Crippen LogP contribution in [0.1, 0.15) is 78.0 Å². The number of benzene rings is 1. The maximum absolute atomic E-state index is 13.3. The van der Waals surface area contributed by atoms with Crippen LogP contribution in [0.4, 0.5) is 0 Å². The van der Waals surface area contributed by atoms with Gasteiger partial charge in [-0.1, -0.05) is 24.5 Å². The van der Waals surface area contributed by atoms with E-state index in [4.69, 9.17) is 34.2 Å². The van der Waals surface area contributed by atoms with E-state index in [1.54, 1.807) is 20.0 Å². The van der Waals surface area contributed by atoms with Crippen LogP contribution in [0.5, 0.6) is 5.75 Å². The Balaban J connectivity index is 1.18. The van der Waals surface area contributed by atoms with Gasteiger partial charge in [-0.25, -0.2) is 9.48 Å². The molecule has 3 aliphatic heterocycles. The van der Waals surface area contributed by atoms with Crippen molar-refractivity contribution in [2.45, 2.75) is 163 Å². The number of carboxylic acids is 1. The summed E-state index contributed by atoms with van der Waals surface area (Å²) in [5.74, 6) is -7.51. The van der Waals surface area contributed by atoms with Crippen LogP contribution in [-0.4, -0.2) is 214 Å². The van der Waals surface area contributed by atoms with E-state index in [1.807, 2.05) is 0 Å². The zero-order valence-electron chi connectivity index (χ0n) is 38.2. The Morgan fingerprint density at radius 1 is 0.928 bits per heavy atom. The molecule has 3 saturated heterocycles.